The molecule has 6 heteroatoms. The minimum Gasteiger partial charge on any atom is -0.350 e. The summed E-state index contributed by atoms with van der Waals surface area (Å²) in [5.74, 6) is 0.906. The van der Waals surface area contributed by atoms with Gasteiger partial charge in [0.05, 0.1) is 5.75 Å². The minimum atomic E-state index is -0.546. The number of thioether (sulfide) groups is 1. The highest BCUT2D eigenvalue weighted by molar-refractivity contribution is 9.10. The maximum Gasteiger partial charge on any atom is 0.242 e. The SMILES string of the molecule is C[C@H](C(=O)NC(C)(C)C)N(Cc1ccccc1)C(=O)CSCc1ccc(Br)cc1. The lowest BCUT2D eigenvalue weighted by Gasteiger charge is -2.31. The highest BCUT2D eigenvalue weighted by Gasteiger charge is 2.28. The van der Waals surface area contributed by atoms with Crippen molar-refractivity contribution in [1.29, 1.82) is 0 Å². The fraction of sp³-hybridized carbons (Fsp3) is 0.391. The smallest absolute Gasteiger partial charge is 0.242 e. The van der Waals surface area contributed by atoms with Crippen LogP contribution in [-0.4, -0.2) is 34.0 Å². The lowest BCUT2D eigenvalue weighted by Crippen LogP contribution is -2.52. The van der Waals surface area contributed by atoms with E-state index in [1.807, 2.05) is 75.4 Å². The third kappa shape index (κ3) is 8.23. The van der Waals surface area contributed by atoms with Crippen LogP contribution >= 0.6 is 27.7 Å². The van der Waals surface area contributed by atoms with Crippen LogP contribution in [0.5, 0.6) is 0 Å². The zero-order chi connectivity index (χ0) is 21.4. The molecule has 2 rings (SSSR count). The zero-order valence-corrected chi connectivity index (χ0v) is 19.8. The highest BCUT2D eigenvalue weighted by Crippen LogP contribution is 2.18. The van der Waals surface area contributed by atoms with Crippen LogP contribution in [0.1, 0.15) is 38.8 Å². The molecule has 0 spiro atoms. The van der Waals surface area contributed by atoms with Crippen molar-refractivity contribution in [1.82, 2.24) is 10.2 Å². The Morgan fingerprint density at radius 2 is 1.66 bits per heavy atom. The van der Waals surface area contributed by atoms with Gasteiger partial charge in [-0.25, -0.2) is 0 Å². The van der Waals surface area contributed by atoms with E-state index in [4.69, 9.17) is 0 Å². The lowest BCUT2D eigenvalue weighted by atomic mass is 10.1. The van der Waals surface area contributed by atoms with Crippen LogP contribution in [0, 0.1) is 0 Å². The van der Waals surface area contributed by atoms with E-state index in [2.05, 4.69) is 21.2 Å². The Labute approximate surface area is 186 Å². The first-order valence-electron chi connectivity index (χ1n) is 9.63. The summed E-state index contributed by atoms with van der Waals surface area (Å²) in [6.07, 6.45) is 0. The number of halogens is 1. The molecule has 0 saturated heterocycles. The topological polar surface area (TPSA) is 49.4 Å². The average molecular weight is 477 g/mol. The van der Waals surface area contributed by atoms with Gasteiger partial charge in [-0.1, -0.05) is 58.4 Å². The van der Waals surface area contributed by atoms with Gasteiger partial charge in [-0.15, -0.1) is 11.8 Å². The van der Waals surface area contributed by atoms with Gasteiger partial charge in [-0.3, -0.25) is 9.59 Å². The number of rotatable bonds is 8. The van der Waals surface area contributed by atoms with Crippen molar-refractivity contribution >= 4 is 39.5 Å². The average Bonchev–Trinajstić information content (AvgIpc) is 2.66. The van der Waals surface area contributed by atoms with Crippen LogP contribution in [0.4, 0.5) is 0 Å². The maximum atomic E-state index is 13.0. The molecule has 2 aromatic carbocycles. The number of hydrogen-bond acceptors (Lipinski definition) is 3. The molecule has 0 aliphatic carbocycles. The van der Waals surface area contributed by atoms with Gasteiger partial charge in [0.25, 0.3) is 0 Å². The number of nitrogens with one attached hydrogen (secondary N) is 1. The van der Waals surface area contributed by atoms with Gasteiger partial charge in [0.2, 0.25) is 11.8 Å². The van der Waals surface area contributed by atoms with E-state index >= 15 is 0 Å². The predicted molar refractivity (Wildman–Crippen MR) is 125 cm³/mol. The van der Waals surface area contributed by atoms with Crippen molar-refractivity contribution < 1.29 is 9.59 Å². The van der Waals surface area contributed by atoms with Crippen molar-refractivity contribution in [2.24, 2.45) is 0 Å². The molecule has 1 N–H and O–H groups in total. The van der Waals surface area contributed by atoms with E-state index in [1.54, 1.807) is 23.6 Å². The summed E-state index contributed by atoms with van der Waals surface area (Å²) in [7, 11) is 0. The monoisotopic (exact) mass is 476 g/mol. The van der Waals surface area contributed by atoms with Crippen LogP contribution < -0.4 is 5.32 Å². The summed E-state index contributed by atoms with van der Waals surface area (Å²) >= 11 is 5.00. The summed E-state index contributed by atoms with van der Waals surface area (Å²) in [6, 6.07) is 17.3. The first-order valence-corrected chi connectivity index (χ1v) is 11.6. The lowest BCUT2D eigenvalue weighted by molar-refractivity contribution is -0.139. The van der Waals surface area contributed by atoms with Crippen molar-refractivity contribution in [2.45, 2.75) is 51.6 Å². The Morgan fingerprint density at radius 1 is 1.03 bits per heavy atom. The quantitative estimate of drug-likeness (QED) is 0.581. The molecule has 2 amide bonds. The number of hydrogen-bond donors (Lipinski definition) is 1. The van der Waals surface area contributed by atoms with E-state index < -0.39 is 6.04 Å². The minimum absolute atomic E-state index is 0.0347. The Bertz CT molecular complexity index is 804. The standard InChI is InChI=1S/C23H29BrN2O2S/c1-17(22(28)25-23(2,3)4)26(14-18-8-6-5-7-9-18)21(27)16-29-15-19-10-12-20(24)13-11-19/h5-13,17H,14-16H2,1-4H3,(H,25,28)/t17-/m1/s1. The number of carbonyl (C=O) groups is 2. The highest BCUT2D eigenvalue weighted by atomic mass is 79.9. The number of benzene rings is 2. The van der Waals surface area contributed by atoms with Crippen molar-refractivity contribution in [3.8, 4) is 0 Å². The molecule has 0 fully saturated rings. The number of carbonyl (C=O) groups excluding carboxylic acids is 2. The molecular formula is C23H29BrN2O2S. The molecule has 0 aromatic heterocycles. The van der Waals surface area contributed by atoms with Gasteiger partial charge < -0.3 is 10.2 Å². The number of nitrogens with zero attached hydrogens (tertiary/aromatic N) is 1. The maximum absolute atomic E-state index is 13.0. The third-order valence-electron chi connectivity index (χ3n) is 4.27. The summed E-state index contributed by atoms with van der Waals surface area (Å²) < 4.78 is 1.04. The van der Waals surface area contributed by atoms with Crippen LogP contribution in [0.3, 0.4) is 0 Å². The van der Waals surface area contributed by atoms with Crippen molar-refractivity contribution in [2.75, 3.05) is 5.75 Å². The summed E-state index contributed by atoms with van der Waals surface area (Å²) in [6.45, 7) is 8.03. The van der Waals surface area contributed by atoms with Gasteiger partial charge in [-0.05, 0) is 51.0 Å². The second kappa shape index (κ2) is 10.8. The molecule has 0 aliphatic heterocycles. The van der Waals surface area contributed by atoms with E-state index in [0.717, 1.165) is 15.8 Å². The van der Waals surface area contributed by atoms with Crippen LogP contribution in [0.15, 0.2) is 59.1 Å². The first-order chi connectivity index (χ1) is 13.7. The van der Waals surface area contributed by atoms with Crippen molar-refractivity contribution in [3.05, 3.63) is 70.2 Å². The second-order valence-corrected chi connectivity index (χ2v) is 9.94. The molecule has 0 saturated carbocycles. The predicted octanol–water partition coefficient (Wildman–Crippen LogP) is 5.01. The van der Waals surface area contributed by atoms with Crippen LogP contribution in [0.25, 0.3) is 0 Å². The van der Waals surface area contributed by atoms with Gasteiger partial charge in [0.1, 0.15) is 6.04 Å². The van der Waals surface area contributed by atoms with E-state index in [0.29, 0.717) is 12.3 Å². The fourth-order valence-electron chi connectivity index (χ4n) is 2.76. The third-order valence-corrected chi connectivity index (χ3v) is 5.79. The zero-order valence-electron chi connectivity index (χ0n) is 17.4. The Morgan fingerprint density at radius 3 is 2.24 bits per heavy atom. The molecule has 0 radical (unpaired) electrons. The molecule has 2 aromatic rings. The summed E-state index contributed by atoms with van der Waals surface area (Å²) in [5.41, 5.74) is 1.83. The molecule has 4 nitrogen and oxygen atoms in total. The van der Waals surface area contributed by atoms with Crippen LogP contribution in [-0.2, 0) is 21.9 Å². The van der Waals surface area contributed by atoms with Crippen LogP contribution in [0.2, 0.25) is 0 Å². The number of amides is 2. The van der Waals surface area contributed by atoms with E-state index in [-0.39, 0.29) is 17.4 Å². The molecule has 1 atom stereocenters. The van der Waals surface area contributed by atoms with E-state index in [1.165, 1.54) is 5.56 Å². The summed E-state index contributed by atoms with van der Waals surface area (Å²) in [5, 5.41) is 2.98. The molecule has 0 unspecified atom stereocenters. The normalized spacial score (nSPS) is 12.3. The van der Waals surface area contributed by atoms with Gasteiger partial charge >= 0.3 is 0 Å². The molecule has 0 aliphatic rings. The molecular weight excluding hydrogens is 448 g/mol. The Kier molecular flexibility index (Phi) is 8.78. The van der Waals surface area contributed by atoms with Gasteiger partial charge in [-0.2, -0.15) is 0 Å². The molecule has 0 heterocycles. The Balaban J connectivity index is 2.05. The van der Waals surface area contributed by atoms with Gasteiger partial charge in [0, 0.05) is 22.3 Å². The van der Waals surface area contributed by atoms with Crippen molar-refractivity contribution in [3.63, 3.8) is 0 Å². The molecule has 156 valence electrons. The largest absolute Gasteiger partial charge is 0.350 e. The first kappa shape index (κ1) is 23.5. The molecule has 0 bridgehead atoms. The molecule has 29 heavy (non-hydrogen) atoms. The fourth-order valence-corrected chi connectivity index (χ4v) is 3.89. The van der Waals surface area contributed by atoms with Gasteiger partial charge in [0.15, 0.2) is 0 Å². The summed E-state index contributed by atoms with van der Waals surface area (Å²) in [4.78, 5) is 27.4. The second-order valence-electron chi connectivity index (χ2n) is 8.04. The Hall–Kier alpha value is -1.79. The van der Waals surface area contributed by atoms with E-state index in [9.17, 15) is 9.59 Å².